The summed E-state index contributed by atoms with van der Waals surface area (Å²) in [6, 6.07) is 10.2. The molecule has 3 rings (SSSR count). The Hall–Kier alpha value is -1.32. The second-order valence-corrected chi connectivity index (χ2v) is 5.33. The van der Waals surface area contributed by atoms with Crippen molar-refractivity contribution in [3.05, 3.63) is 46.9 Å². The predicted molar refractivity (Wildman–Crippen MR) is 73.2 cm³/mol. The molecule has 3 aromatic rings. The number of hydrogen-bond donors (Lipinski definition) is 0. The zero-order valence-corrected chi connectivity index (χ0v) is 10.9. The number of nitrogens with zero attached hydrogens (tertiary/aromatic N) is 2. The lowest BCUT2D eigenvalue weighted by Crippen LogP contribution is -2.00. The van der Waals surface area contributed by atoms with Gasteiger partial charge in [0.25, 0.3) is 0 Å². The van der Waals surface area contributed by atoms with Gasteiger partial charge in [-0.3, -0.25) is 4.57 Å². The number of halogens is 1. The smallest absolute Gasteiger partial charge is 0.132 e. The first-order chi connectivity index (χ1) is 8.27. The molecule has 0 saturated heterocycles. The summed E-state index contributed by atoms with van der Waals surface area (Å²) in [7, 11) is 0. The Morgan fingerprint density at radius 3 is 2.82 bits per heavy atom. The Kier molecular flexibility index (Phi) is 2.65. The van der Waals surface area contributed by atoms with Crippen LogP contribution in [0.1, 0.15) is 18.1 Å². The van der Waals surface area contributed by atoms with E-state index in [4.69, 9.17) is 11.6 Å². The molecular weight excluding hydrogens is 252 g/mol. The largest absolute Gasteiger partial charge is 0.294 e. The first-order valence-electron chi connectivity index (χ1n) is 5.41. The minimum Gasteiger partial charge on any atom is -0.294 e. The molecule has 4 heteroatoms. The van der Waals surface area contributed by atoms with Crippen LogP contribution in [0.15, 0.2) is 41.1 Å². The number of thiophene rings is 1. The van der Waals surface area contributed by atoms with Crippen molar-refractivity contribution < 1.29 is 0 Å². The average molecular weight is 263 g/mol. The average Bonchev–Trinajstić information content (AvgIpc) is 2.94. The lowest BCUT2D eigenvalue weighted by Gasteiger charge is -2.07. The lowest BCUT2D eigenvalue weighted by atomic mass is 10.3. The van der Waals surface area contributed by atoms with Crippen LogP contribution in [0.5, 0.6) is 0 Å². The summed E-state index contributed by atoms with van der Waals surface area (Å²) in [5.41, 5.74) is 3.22. The number of aromatic nitrogens is 2. The van der Waals surface area contributed by atoms with Gasteiger partial charge in [-0.05, 0) is 30.5 Å². The molecule has 0 aliphatic rings. The first kappa shape index (κ1) is 10.8. The fourth-order valence-electron chi connectivity index (χ4n) is 1.97. The molecule has 2 heterocycles. The Morgan fingerprint density at radius 2 is 2.12 bits per heavy atom. The fraction of sp³-hybridized carbons (Fsp3) is 0.154. The fourth-order valence-corrected chi connectivity index (χ4v) is 2.73. The standard InChI is InChI=1S/C13H11ClN2S/c1-9(14)13-15-11-4-2-3-5-12(11)16(13)10-6-7-17-8-10/h2-9H,1H3. The van der Waals surface area contributed by atoms with Gasteiger partial charge >= 0.3 is 0 Å². The summed E-state index contributed by atoms with van der Waals surface area (Å²) in [6.07, 6.45) is 0. The molecule has 0 radical (unpaired) electrons. The summed E-state index contributed by atoms with van der Waals surface area (Å²) in [5, 5.41) is 4.06. The molecule has 1 aromatic carbocycles. The maximum absolute atomic E-state index is 6.22. The van der Waals surface area contributed by atoms with E-state index in [1.54, 1.807) is 11.3 Å². The molecule has 0 N–H and O–H groups in total. The molecule has 0 aliphatic carbocycles. The van der Waals surface area contributed by atoms with Crippen LogP contribution in [-0.4, -0.2) is 9.55 Å². The predicted octanol–water partition coefficient (Wildman–Crippen LogP) is 4.39. The molecule has 0 fully saturated rings. The van der Waals surface area contributed by atoms with Crippen LogP contribution in [-0.2, 0) is 0 Å². The van der Waals surface area contributed by atoms with Crippen LogP contribution in [0.25, 0.3) is 16.7 Å². The van der Waals surface area contributed by atoms with E-state index >= 15 is 0 Å². The van der Waals surface area contributed by atoms with Gasteiger partial charge in [0.2, 0.25) is 0 Å². The van der Waals surface area contributed by atoms with Crippen molar-refractivity contribution >= 4 is 34.0 Å². The summed E-state index contributed by atoms with van der Waals surface area (Å²) in [6.45, 7) is 1.95. The van der Waals surface area contributed by atoms with Gasteiger partial charge in [-0.15, -0.1) is 11.6 Å². The van der Waals surface area contributed by atoms with E-state index in [-0.39, 0.29) is 5.38 Å². The highest BCUT2D eigenvalue weighted by Gasteiger charge is 2.15. The van der Waals surface area contributed by atoms with Gasteiger partial charge < -0.3 is 0 Å². The van der Waals surface area contributed by atoms with Gasteiger partial charge in [-0.25, -0.2) is 4.98 Å². The van der Waals surface area contributed by atoms with Crippen molar-refractivity contribution in [2.24, 2.45) is 0 Å². The Morgan fingerprint density at radius 1 is 1.29 bits per heavy atom. The molecule has 17 heavy (non-hydrogen) atoms. The molecule has 0 aliphatic heterocycles. The van der Waals surface area contributed by atoms with E-state index < -0.39 is 0 Å². The number of alkyl halides is 1. The molecule has 1 unspecified atom stereocenters. The number of para-hydroxylation sites is 2. The van der Waals surface area contributed by atoms with Gasteiger partial charge in [0.1, 0.15) is 5.82 Å². The SMILES string of the molecule is CC(Cl)c1nc2ccccc2n1-c1ccsc1. The van der Waals surface area contributed by atoms with Crippen molar-refractivity contribution in [3.63, 3.8) is 0 Å². The van der Waals surface area contributed by atoms with Gasteiger partial charge in [-0.1, -0.05) is 12.1 Å². The molecule has 0 amide bonds. The van der Waals surface area contributed by atoms with Crippen LogP contribution in [0.4, 0.5) is 0 Å². The highest BCUT2D eigenvalue weighted by atomic mass is 35.5. The number of hydrogen-bond acceptors (Lipinski definition) is 2. The minimum absolute atomic E-state index is 0.109. The van der Waals surface area contributed by atoms with E-state index in [9.17, 15) is 0 Å². The van der Waals surface area contributed by atoms with E-state index in [1.807, 2.05) is 25.1 Å². The van der Waals surface area contributed by atoms with E-state index in [2.05, 4.69) is 32.4 Å². The third-order valence-electron chi connectivity index (χ3n) is 2.71. The van der Waals surface area contributed by atoms with Crippen LogP contribution >= 0.6 is 22.9 Å². The van der Waals surface area contributed by atoms with Crippen molar-refractivity contribution in [1.82, 2.24) is 9.55 Å². The van der Waals surface area contributed by atoms with Gasteiger partial charge in [0.05, 0.1) is 22.1 Å². The highest BCUT2D eigenvalue weighted by molar-refractivity contribution is 7.08. The molecule has 0 saturated carbocycles. The summed E-state index contributed by atoms with van der Waals surface area (Å²) < 4.78 is 2.13. The van der Waals surface area contributed by atoms with Crippen molar-refractivity contribution in [3.8, 4) is 5.69 Å². The van der Waals surface area contributed by atoms with Crippen LogP contribution in [0, 0.1) is 0 Å². The summed E-state index contributed by atoms with van der Waals surface area (Å²) in [4.78, 5) is 4.60. The van der Waals surface area contributed by atoms with Gasteiger partial charge in [-0.2, -0.15) is 11.3 Å². The summed E-state index contributed by atoms with van der Waals surface area (Å²) in [5.74, 6) is 0.895. The van der Waals surface area contributed by atoms with E-state index in [1.165, 1.54) is 0 Å². The number of fused-ring (bicyclic) bond motifs is 1. The van der Waals surface area contributed by atoms with Crippen LogP contribution < -0.4 is 0 Å². The van der Waals surface area contributed by atoms with Crippen molar-refractivity contribution in [1.29, 1.82) is 0 Å². The monoisotopic (exact) mass is 262 g/mol. The number of benzene rings is 1. The Balaban J connectivity index is 2.36. The van der Waals surface area contributed by atoms with Crippen molar-refractivity contribution in [2.45, 2.75) is 12.3 Å². The number of rotatable bonds is 2. The van der Waals surface area contributed by atoms with Gasteiger partial charge in [0, 0.05) is 5.38 Å². The van der Waals surface area contributed by atoms with Crippen LogP contribution in [0.2, 0.25) is 0 Å². The third-order valence-corrected chi connectivity index (χ3v) is 3.57. The second kappa shape index (κ2) is 4.17. The van der Waals surface area contributed by atoms with E-state index in [0.29, 0.717) is 0 Å². The Bertz CT molecular complexity index is 641. The first-order valence-corrected chi connectivity index (χ1v) is 6.79. The zero-order valence-electron chi connectivity index (χ0n) is 9.30. The molecule has 2 nitrogen and oxygen atoms in total. The lowest BCUT2D eigenvalue weighted by molar-refractivity contribution is 0.885. The van der Waals surface area contributed by atoms with Crippen molar-refractivity contribution in [2.75, 3.05) is 0 Å². The molecule has 0 bridgehead atoms. The molecule has 0 spiro atoms. The normalized spacial score (nSPS) is 13.1. The number of imidazole rings is 1. The minimum atomic E-state index is -0.109. The van der Waals surface area contributed by atoms with Gasteiger partial charge in [0.15, 0.2) is 0 Å². The molecule has 2 aromatic heterocycles. The molecular formula is C13H11ClN2S. The Labute approximate surface area is 108 Å². The maximum Gasteiger partial charge on any atom is 0.132 e. The quantitative estimate of drug-likeness (QED) is 0.627. The zero-order chi connectivity index (χ0) is 11.8. The second-order valence-electron chi connectivity index (χ2n) is 3.89. The highest BCUT2D eigenvalue weighted by Crippen LogP contribution is 2.28. The topological polar surface area (TPSA) is 17.8 Å². The van der Waals surface area contributed by atoms with Crippen LogP contribution in [0.3, 0.4) is 0 Å². The van der Waals surface area contributed by atoms with E-state index in [0.717, 1.165) is 22.5 Å². The third kappa shape index (κ3) is 1.75. The maximum atomic E-state index is 6.22. The summed E-state index contributed by atoms with van der Waals surface area (Å²) >= 11 is 7.89. The molecule has 1 atom stereocenters. The molecule has 86 valence electrons.